The summed E-state index contributed by atoms with van der Waals surface area (Å²) in [6.07, 6.45) is -2.89. The van der Waals surface area contributed by atoms with Gasteiger partial charge in [-0.05, 0) is 17.7 Å². The van der Waals surface area contributed by atoms with E-state index in [1.165, 1.54) is 7.11 Å². The highest BCUT2D eigenvalue weighted by Gasteiger charge is 2.33. The molecule has 7 heteroatoms. The van der Waals surface area contributed by atoms with Gasteiger partial charge >= 0.3 is 6.18 Å². The zero-order chi connectivity index (χ0) is 17.2. The summed E-state index contributed by atoms with van der Waals surface area (Å²) in [7, 11) is 1.52. The lowest BCUT2D eigenvalue weighted by atomic mass is 10.1. The van der Waals surface area contributed by atoms with Gasteiger partial charge in [0, 0.05) is 29.9 Å². The van der Waals surface area contributed by atoms with Crippen molar-refractivity contribution in [3.63, 3.8) is 0 Å². The maximum Gasteiger partial charge on any atom is 0.433 e. The smallest absolute Gasteiger partial charge is 0.433 e. The Morgan fingerprint density at radius 1 is 1.12 bits per heavy atom. The molecule has 3 aromatic rings. The van der Waals surface area contributed by atoms with E-state index in [0.29, 0.717) is 29.0 Å². The van der Waals surface area contributed by atoms with Crippen molar-refractivity contribution in [2.45, 2.75) is 12.7 Å². The second kappa shape index (κ2) is 6.35. The summed E-state index contributed by atoms with van der Waals surface area (Å²) in [5, 5.41) is 3.66. The van der Waals surface area contributed by atoms with Crippen LogP contribution in [0.25, 0.3) is 10.9 Å². The highest BCUT2D eigenvalue weighted by Crippen LogP contribution is 2.33. The van der Waals surface area contributed by atoms with Gasteiger partial charge in [0.2, 0.25) is 5.88 Å². The number of halogens is 3. The molecule has 0 saturated carbocycles. The van der Waals surface area contributed by atoms with E-state index in [1.54, 1.807) is 42.6 Å². The van der Waals surface area contributed by atoms with Gasteiger partial charge in [-0.25, -0.2) is 9.97 Å². The van der Waals surface area contributed by atoms with E-state index < -0.39 is 11.9 Å². The zero-order valence-corrected chi connectivity index (χ0v) is 12.8. The minimum Gasteiger partial charge on any atom is -0.481 e. The van der Waals surface area contributed by atoms with Crippen molar-refractivity contribution in [2.24, 2.45) is 0 Å². The number of methoxy groups -OCH3 is 1. The van der Waals surface area contributed by atoms with Crippen molar-refractivity contribution in [3.8, 4) is 5.88 Å². The Balaban J connectivity index is 1.92. The predicted octanol–water partition coefficient (Wildman–Crippen LogP) is 4.27. The molecular formula is C17H14F3N3O. The maximum atomic E-state index is 13.0. The van der Waals surface area contributed by atoms with Crippen LogP contribution in [-0.2, 0) is 12.7 Å². The summed E-state index contributed by atoms with van der Waals surface area (Å²) in [5.74, 6) is 0.479. The van der Waals surface area contributed by atoms with Crippen LogP contribution in [0.15, 0.2) is 48.7 Å². The lowest BCUT2D eigenvalue weighted by Crippen LogP contribution is -2.10. The first-order chi connectivity index (χ1) is 11.5. The van der Waals surface area contributed by atoms with E-state index in [-0.39, 0.29) is 0 Å². The van der Waals surface area contributed by atoms with Gasteiger partial charge in [0.05, 0.1) is 12.6 Å². The van der Waals surface area contributed by atoms with Gasteiger partial charge in [-0.1, -0.05) is 24.3 Å². The lowest BCUT2D eigenvalue weighted by molar-refractivity contribution is -0.140. The molecule has 0 saturated heterocycles. The molecule has 124 valence electrons. The lowest BCUT2D eigenvalue weighted by Gasteiger charge is -2.13. The average Bonchev–Trinajstić information content (AvgIpc) is 2.59. The monoisotopic (exact) mass is 333 g/mol. The molecule has 4 nitrogen and oxygen atoms in total. The molecule has 0 atom stereocenters. The Morgan fingerprint density at radius 3 is 2.58 bits per heavy atom. The molecule has 0 aliphatic carbocycles. The Morgan fingerprint density at radius 2 is 1.92 bits per heavy atom. The molecule has 3 rings (SSSR count). The number of pyridine rings is 2. The van der Waals surface area contributed by atoms with Gasteiger partial charge in [0.15, 0.2) is 0 Å². The van der Waals surface area contributed by atoms with Crippen LogP contribution >= 0.6 is 0 Å². The quantitative estimate of drug-likeness (QED) is 0.774. The van der Waals surface area contributed by atoms with Crippen LogP contribution in [0, 0.1) is 0 Å². The number of alkyl halides is 3. The Bertz CT molecular complexity index is 848. The van der Waals surface area contributed by atoms with Crippen molar-refractivity contribution in [1.82, 2.24) is 9.97 Å². The molecule has 0 spiro atoms. The summed E-state index contributed by atoms with van der Waals surface area (Å²) in [6.45, 7) is 0.336. The van der Waals surface area contributed by atoms with Crippen LogP contribution in [-0.4, -0.2) is 17.1 Å². The third-order valence-electron chi connectivity index (χ3n) is 3.50. The number of rotatable bonds is 4. The van der Waals surface area contributed by atoms with Crippen molar-refractivity contribution < 1.29 is 17.9 Å². The predicted molar refractivity (Wildman–Crippen MR) is 84.9 cm³/mol. The third-order valence-corrected chi connectivity index (χ3v) is 3.50. The number of fused-ring (bicyclic) bond motifs is 1. The molecule has 0 bridgehead atoms. The van der Waals surface area contributed by atoms with Crippen molar-refractivity contribution in [1.29, 1.82) is 0 Å². The van der Waals surface area contributed by atoms with Gasteiger partial charge in [-0.2, -0.15) is 13.2 Å². The summed E-state index contributed by atoms with van der Waals surface area (Å²) in [6, 6.07) is 11.2. The molecule has 0 aliphatic rings. The SMILES string of the molecule is COc1ccc(CNc2cc(C(F)(F)F)nc3ccccc23)cn1. The fourth-order valence-electron chi connectivity index (χ4n) is 2.30. The van der Waals surface area contributed by atoms with E-state index in [4.69, 9.17) is 4.74 Å². The largest absolute Gasteiger partial charge is 0.481 e. The first kappa shape index (κ1) is 16.0. The fraction of sp³-hybridized carbons (Fsp3) is 0.176. The average molecular weight is 333 g/mol. The molecule has 2 heterocycles. The summed E-state index contributed by atoms with van der Waals surface area (Å²) in [4.78, 5) is 7.76. The van der Waals surface area contributed by atoms with Gasteiger partial charge < -0.3 is 10.1 Å². The molecule has 0 aliphatic heterocycles. The molecule has 0 radical (unpaired) electrons. The topological polar surface area (TPSA) is 47.0 Å². The van der Waals surface area contributed by atoms with Gasteiger partial charge in [-0.15, -0.1) is 0 Å². The van der Waals surface area contributed by atoms with Gasteiger partial charge in [0.25, 0.3) is 0 Å². The molecule has 2 aromatic heterocycles. The first-order valence-corrected chi connectivity index (χ1v) is 7.17. The molecule has 0 amide bonds. The van der Waals surface area contributed by atoms with Crippen LogP contribution in [0.5, 0.6) is 5.88 Å². The van der Waals surface area contributed by atoms with E-state index in [9.17, 15) is 13.2 Å². The second-order valence-corrected chi connectivity index (χ2v) is 5.13. The maximum absolute atomic E-state index is 13.0. The van der Waals surface area contributed by atoms with Gasteiger partial charge in [0.1, 0.15) is 5.69 Å². The fourth-order valence-corrected chi connectivity index (χ4v) is 2.30. The zero-order valence-electron chi connectivity index (χ0n) is 12.8. The molecule has 1 N–H and O–H groups in total. The van der Waals surface area contributed by atoms with E-state index >= 15 is 0 Å². The second-order valence-electron chi connectivity index (χ2n) is 5.13. The molecular weight excluding hydrogens is 319 g/mol. The normalized spacial score (nSPS) is 11.5. The number of aromatic nitrogens is 2. The standard InChI is InChI=1S/C17H14F3N3O/c1-24-16-7-6-11(10-22-16)9-21-14-8-15(17(18,19)20)23-13-5-3-2-4-12(13)14/h2-8,10H,9H2,1H3,(H,21,23). The first-order valence-electron chi connectivity index (χ1n) is 7.17. The summed E-state index contributed by atoms with van der Waals surface area (Å²) >= 11 is 0. The number of nitrogens with zero attached hydrogens (tertiary/aromatic N) is 2. The third kappa shape index (κ3) is 3.40. The molecule has 0 fully saturated rings. The molecule has 24 heavy (non-hydrogen) atoms. The van der Waals surface area contributed by atoms with Crippen molar-refractivity contribution in [2.75, 3.05) is 12.4 Å². The number of hydrogen-bond acceptors (Lipinski definition) is 4. The van der Waals surface area contributed by atoms with E-state index in [1.807, 2.05) is 0 Å². The molecule has 0 unspecified atom stereocenters. The Labute approximate surface area is 136 Å². The Hall–Kier alpha value is -2.83. The molecule has 1 aromatic carbocycles. The highest BCUT2D eigenvalue weighted by molar-refractivity contribution is 5.91. The number of ether oxygens (including phenoxy) is 1. The van der Waals surface area contributed by atoms with Crippen LogP contribution < -0.4 is 10.1 Å². The van der Waals surface area contributed by atoms with E-state index in [0.717, 1.165) is 11.6 Å². The van der Waals surface area contributed by atoms with Crippen LogP contribution in [0.2, 0.25) is 0 Å². The van der Waals surface area contributed by atoms with Crippen molar-refractivity contribution >= 4 is 16.6 Å². The number of para-hydroxylation sites is 1. The van der Waals surface area contributed by atoms with Crippen molar-refractivity contribution in [3.05, 3.63) is 59.9 Å². The number of nitrogens with one attached hydrogen (secondary N) is 1. The highest BCUT2D eigenvalue weighted by atomic mass is 19.4. The minimum absolute atomic E-state index is 0.294. The van der Waals surface area contributed by atoms with Crippen LogP contribution in [0.3, 0.4) is 0 Å². The van der Waals surface area contributed by atoms with Crippen LogP contribution in [0.1, 0.15) is 11.3 Å². The number of benzene rings is 1. The number of hydrogen-bond donors (Lipinski definition) is 1. The van der Waals surface area contributed by atoms with E-state index in [2.05, 4.69) is 15.3 Å². The summed E-state index contributed by atoms with van der Waals surface area (Å²) < 4.78 is 44.1. The number of anilines is 1. The minimum atomic E-state index is -4.50. The van der Waals surface area contributed by atoms with Gasteiger partial charge in [-0.3, -0.25) is 0 Å². The Kier molecular flexibility index (Phi) is 4.24. The van der Waals surface area contributed by atoms with Crippen LogP contribution in [0.4, 0.5) is 18.9 Å². The summed E-state index contributed by atoms with van der Waals surface area (Å²) in [5.41, 5.74) is 0.577.